The highest BCUT2D eigenvalue weighted by Crippen LogP contribution is 2.28. The first-order valence-corrected chi connectivity index (χ1v) is 5.87. The third kappa shape index (κ3) is 5.58. The number of carbonyl (C=O) groups excluding carboxylic acids is 1. The Bertz CT molecular complexity index is 422. The first-order valence-electron chi connectivity index (χ1n) is 5.87. The van der Waals surface area contributed by atoms with Crippen LogP contribution in [0.3, 0.4) is 0 Å². The van der Waals surface area contributed by atoms with E-state index >= 15 is 0 Å². The van der Waals surface area contributed by atoms with Crippen LogP contribution in [0, 0.1) is 0 Å². The number of halogens is 3. The summed E-state index contributed by atoms with van der Waals surface area (Å²) in [5.74, 6) is -0.181. The van der Waals surface area contributed by atoms with E-state index in [9.17, 15) is 18.0 Å². The minimum Gasteiger partial charge on any atom is -0.466 e. The number of aromatic nitrogens is 1. The van der Waals surface area contributed by atoms with E-state index in [4.69, 9.17) is 4.74 Å². The Hall–Kier alpha value is -1.79. The smallest absolute Gasteiger partial charge is 0.433 e. The van der Waals surface area contributed by atoms with Crippen LogP contribution in [0.5, 0.6) is 0 Å². The second-order valence-electron chi connectivity index (χ2n) is 3.74. The molecule has 0 amide bonds. The van der Waals surface area contributed by atoms with Crippen LogP contribution >= 0.6 is 0 Å². The first kappa shape index (κ1) is 15.3. The number of hydrogen-bond donors (Lipinski definition) is 1. The van der Waals surface area contributed by atoms with Crippen molar-refractivity contribution in [2.75, 3.05) is 18.5 Å². The van der Waals surface area contributed by atoms with Crippen molar-refractivity contribution in [1.82, 2.24) is 4.98 Å². The lowest BCUT2D eigenvalue weighted by Gasteiger charge is -2.09. The Balaban J connectivity index is 2.40. The fraction of sp³-hybridized carbons (Fsp3) is 0.500. The number of pyridine rings is 1. The van der Waals surface area contributed by atoms with E-state index in [2.05, 4.69) is 10.3 Å². The number of nitrogens with one attached hydrogen (secondary N) is 1. The molecule has 1 aromatic heterocycles. The molecule has 0 spiro atoms. The van der Waals surface area contributed by atoms with Crippen molar-refractivity contribution in [2.24, 2.45) is 0 Å². The molecule has 19 heavy (non-hydrogen) atoms. The number of anilines is 1. The molecule has 7 heteroatoms. The monoisotopic (exact) mass is 276 g/mol. The minimum atomic E-state index is -4.46. The minimum absolute atomic E-state index is 0.138. The van der Waals surface area contributed by atoms with Gasteiger partial charge < -0.3 is 10.1 Å². The molecular weight excluding hydrogens is 261 g/mol. The highest BCUT2D eigenvalue weighted by Gasteiger charge is 2.32. The summed E-state index contributed by atoms with van der Waals surface area (Å²) in [6.07, 6.45) is -3.76. The quantitative estimate of drug-likeness (QED) is 0.641. The van der Waals surface area contributed by atoms with Crippen LogP contribution in [0.15, 0.2) is 18.2 Å². The van der Waals surface area contributed by atoms with Gasteiger partial charge >= 0.3 is 12.1 Å². The lowest BCUT2D eigenvalue weighted by molar-refractivity contribution is -0.143. The van der Waals surface area contributed by atoms with Crippen LogP contribution in [-0.2, 0) is 15.7 Å². The molecule has 106 valence electrons. The third-order valence-electron chi connectivity index (χ3n) is 2.21. The Morgan fingerprint density at radius 3 is 2.79 bits per heavy atom. The lowest BCUT2D eigenvalue weighted by atomic mass is 10.3. The predicted molar refractivity (Wildman–Crippen MR) is 63.6 cm³/mol. The van der Waals surface area contributed by atoms with E-state index in [1.54, 1.807) is 6.92 Å². The zero-order chi connectivity index (χ0) is 14.3. The lowest BCUT2D eigenvalue weighted by Crippen LogP contribution is -2.12. The molecule has 4 nitrogen and oxygen atoms in total. The molecule has 0 saturated heterocycles. The summed E-state index contributed by atoms with van der Waals surface area (Å²) in [6, 6.07) is 3.63. The summed E-state index contributed by atoms with van der Waals surface area (Å²) in [7, 11) is 0. The molecule has 0 aliphatic heterocycles. The molecule has 1 heterocycles. The molecule has 0 aliphatic rings. The predicted octanol–water partition coefficient (Wildman–Crippen LogP) is 2.86. The summed E-state index contributed by atoms with van der Waals surface area (Å²) in [4.78, 5) is 14.5. The Labute approximate surface area is 109 Å². The van der Waals surface area contributed by atoms with Gasteiger partial charge in [-0.2, -0.15) is 13.2 Å². The van der Waals surface area contributed by atoms with Gasteiger partial charge in [-0.05, 0) is 25.5 Å². The van der Waals surface area contributed by atoms with Gasteiger partial charge in [0.25, 0.3) is 0 Å². The van der Waals surface area contributed by atoms with E-state index in [1.165, 1.54) is 12.1 Å². The van der Waals surface area contributed by atoms with Crippen molar-refractivity contribution in [3.63, 3.8) is 0 Å². The van der Waals surface area contributed by atoms with E-state index in [1.807, 2.05) is 0 Å². The molecule has 0 fully saturated rings. The number of esters is 1. The summed E-state index contributed by atoms with van der Waals surface area (Å²) < 4.78 is 41.9. The van der Waals surface area contributed by atoms with Gasteiger partial charge in [-0.1, -0.05) is 6.07 Å². The van der Waals surface area contributed by atoms with E-state index in [-0.39, 0.29) is 18.2 Å². The van der Waals surface area contributed by atoms with Gasteiger partial charge in [-0.15, -0.1) is 0 Å². The molecule has 0 aromatic carbocycles. The molecular formula is C12H15F3N2O2. The van der Waals surface area contributed by atoms with Gasteiger partial charge in [0.1, 0.15) is 11.5 Å². The van der Waals surface area contributed by atoms with Gasteiger partial charge in [-0.3, -0.25) is 4.79 Å². The van der Waals surface area contributed by atoms with E-state index in [0.717, 1.165) is 6.07 Å². The third-order valence-corrected chi connectivity index (χ3v) is 2.21. The van der Waals surface area contributed by atoms with Crippen molar-refractivity contribution in [1.29, 1.82) is 0 Å². The van der Waals surface area contributed by atoms with Crippen LogP contribution in [0.25, 0.3) is 0 Å². The van der Waals surface area contributed by atoms with Crippen molar-refractivity contribution >= 4 is 11.8 Å². The maximum absolute atomic E-state index is 12.4. The maximum Gasteiger partial charge on any atom is 0.433 e. The maximum atomic E-state index is 12.4. The van der Waals surface area contributed by atoms with Crippen molar-refractivity contribution in [3.05, 3.63) is 23.9 Å². The molecule has 0 bridgehead atoms. The van der Waals surface area contributed by atoms with E-state index in [0.29, 0.717) is 19.6 Å². The number of hydrogen-bond acceptors (Lipinski definition) is 4. The fourth-order valence-electron chi connectivity index (χ4n) is 1.37. The number of ether oxygens (including phenoxy) is 1. The highest BCUT2D eigenvalue weighted by molar-refractivity contribution is 5.69. The van der Waals surface area contributed by atoms with E-state index < -0.39 is 11.9 Å². The summed E-state index contributed by atoms with van der Waals surface area (Å²) in [5.41, 5.74) is -0.942. The van der Waals surface area contributed by atoms with Crippen LogP contribution in [0.2, 0.25) is 0 Å². The van der Waals surface area contributed by atoms with Crippen LogP contribution < -0.4 is 5.32 Å². The summed E-state index contributed by atoms with van der Waals surface area (Å²) >= 11 is 0. The average molecular weight is 276 g/mol. The summed E-state index contributed by atoms with van der Waals surface area (Å²) in [6.45, 7) is 2.39. The van der Waals surface area contributed by atoms with Gasteiger partial charge in [0.05, 0.1) is 6.61 Å². The fourth-order valence-corrected chi connectivity index (χ4v) is 1.37. The number of alkyl halides is 3. The van der Waals surface area contributed by atoms with Gasteiger partial charge in [0.2, 0.25) is 0 Å². The average Bonchev–Trinajstić information content (AvgIpc) is 2.34. The zero-order valence-electron chi connectivity index (χ0n) is 10.5. The van der Waals surface area contributed by atoms with Crippen LogP contribution in [-0.4, -0.2) is 24.1 Å². The Morgan fingerprint density at radius 1 is 1.42 bits per heavy atom. The number of rotatable bonds is 6. The molecule has 1 rings (SSSR count). The molecule has 0 atom stereocenters. The normalized spacial score (nSPS) is 11.2. The summed E-state index contributed by atoms with van der Waals surface area (Å²) in [5, 5.41) is 2.74. The highest BCUT2D eigenvalue weighted by atomic mass is 19.4. The Kier molecular flexibility index (Phi) is 5.59. The molecule has 0 unspecified atom stereocenters. The molecule has 1 aromatic rings. The Morgan fingerprint density at radius 2 is 2.16 bits per heavy atom. The second kappa shape index (κ2) is 6.96. The SMILES string of the molecule is CCOC(=O)CCCNc1cccc(C(F)(F)F)n1. The van der Waals surface area contributed by atoms with Gasteiger partial charge in [-0.25, -0.2) is 4.98 Å². The van der Waals surface area contributed by atoms with Crippen molar-refractivity contribution in [3.8, 4) is 0 Å². The van der Waals surface area contributed by atoms with Crippen LogP contribution in [0.1, 0.15) is 25.5 Å². The number of nitrogens with zero attached hydrogens (tertiary/aromatic N) is 1. The molecule has 0 aliphatic carbocycles. The molecule has 1 N–H and O–H groups in total. The van der Waals surface area contributed by atoms with Crippen molar-refractivity contribution in [2.45, 2.75) is 25.9 Å². The van der Waals surface area contributed by atoms with Gasteiger partial charge in [0, 0.05) is 13.0 Å². The first-order chi connectivity index (χ1) is 8.93. The topological polar surface area (TPSA) is 51.2 Å². The van der Waals surface area contributed by atoms with Crippen LogP contribution in [0.4, 0.5) is 19.0 Å². The second-order valence-corrected chi connectivity index (χ2v) is 3.74. The number of carbonyl (C=O) groups is 1. The van der Waals surface area contributed by atoms with Gasteiger partial charge in [0.15, 0.2) is 0 Å². The zero-order valence-corrected chi connectivity index (χ0v) is 10.5. The largest absolute Gasteiger partial charge is 0.466 e. The van der Waals surface area contributed by atoms with Crippen molar-refractivity contribution < 1.29 is 22.7 Å². The molecule has 0 radical (unpaired) electrons. The standard InChI is InChI=1S/C12H15F3N2O2/c1-2-19-11(18)7-4-8-16-10-6-3-5-9(17-10)12(13,14)15/h3,5-6H,2,4,7-8H2,1H3,(H,16,17). The molecule has 0 saturated carbocycles.